The number of piperidine rings is 1. The van der Waals surface area contributed by atoms with Crippen molar-refractivity contribution in [1.82, 2.24) is 10.2 Å². The van der Waals surface area contributed by atoms with Crippen molar-refractivity contribution in [3.63, 3.8) is 0 Å². The second kappa shape index (κ2) is 6.68. The van der Waals surface area contributed by atoms with Crippen LogP contribution in [-0.2, 0) is 0 Å². The van der Waals surface area contributed by atoms with Gasteiger partial charge in [0.2, 0.25) is 0 Å². The minimum absolute atomic E-state index is 0.0193. The molecule has 2 heterocycles. The van der Waals surface area contributed by atoms with Gasteiger partial charge < -0.3 is 10.2 Å². The van der Waals surface area contributed by atoms with Gasteiger partial charge in [0, 0.05) is 18.7 Å². The molecule has 1 aromatic carbocycles. The molecule has 0 saturated carbocycles. The number of benzene rings is 1. The van der Waals surface area contributed by atoms with Crippen molar-refractivity contribution in [2.75, 3.05) is 23.3 Å². The maximum Gasteiger partial charge on any atom is 0.256 e. The number of amides is 1. The van der Waals surface area contributed by atoms with Gasteiger partial charge in [-0.2, -0.15) is 0 Å². The van der Waals surface area contributed by atoms with Gasteiger partial charge in [-0.25, -0.2) is 8.78 Å². The monoisotopic (exact) mass is 318 g/mol. The zero-order chi connectivity index (χ0) is 16.2. The quantitative estimate of drug-likeness (QED) is 0.945. The van der Waals surface area contributed by atoms with Gasteiger partial charge in [0.15, 0.2) is 23.3 Å². The van der Waals surface area contributed by atoms with Crippen LogP contribution in [0.5, 0.6) is 0 Å². The summed E-state index contributed by atoms with van der Waals surface area (Å²) < 4.78 is 26.0. The SMILES string of the molecule is O=C(Nc1ccc(N2CCCCC2)nn1)c1ccc(F)c(F)c1. The van der Waals surface area contributed by atoms with Crippen LogP contribution in [0.3, 0.4) is 0 Å². The first-order chi connectivity index (χ1) is 11.1. The summed E-state index contributed by atoms with van der Waals surface area (Å²) in [6, 6.07) is 6.41. The van der Waals surface area contributed by atoms with Crippen LogP contribution in [0, 0.1) is 11.6 Å². The molecule has 1 amide bonds. The highest BCUT2D eigenvalue weighted by Crippen LogP contribution is 2.18. The summed E-state index contributed by atoms with van der Waals surface area (Å²) >= 11 is 0. The van der Waals surface area contributed by atoms with Gasteiger partial charge in [-0.1, -0.05) is 0 Å². The lowest BCUT2D eigenvalue weighted by atomic mass is 10.1. The zero-order valence-corrected chi connectivity index (χ0v) is 12.4. The van der Waals surface area contributed by atoms with Crippen LogP contribution in [0.4, 0.5) is 20.4 Å². The van der Waals surface area contributed by atoms with Crippen molar-refractivity contribution in [3.8, 4) is 0 Å². The normalized spacial score (nSPS) is 14.6. The Labute approximate surface area is 132 Å². The summed E-state index contributed by atoms with van der Waals surface area (Å²) in [6.45, 7) is 1.91. The molecule has 1 N–H and O–H groups in total. The first kappa shape index (κ1) is 15.3. The summed E-state index contributed by atoms with van der Waals surface area (Å²) in [5.41, 5.74) is 0.0193. The number of aromatic nitrogens is 2. The van der Waals surface area contributed by atoms with Gasteiger partial charge in [0.25, 0.3) is 5.91 Å². The summed E-state index contributed by atoms with van der Waals surface area (Å²) in [5.74, 6) is -1.59. The Hall–Kier alpha value is -2.57. The number of hydrogen-bond acceptors (Lipinski definition) is 4. The lowest BCUT2D eigenvalue weighted by Crippen LogP contribution is -2.30. The summed E-state index contributed by atoms with van der Waals surface area (Å²) in [7, 11) is 0. The largest absolute Gasteiger partial charge is 0.355 e. The molecule has 7 heteroatoms. The molecule has 5 nitrogen and oxygen atoms in total. The number of anilines is 2. The van der Waals surface area contributed by atoms with Crippen molar-refractivity contribution in [1.29, 1.82) is 0 Å². The molecule has 1 aliphatic rings. The van der Waals surface area contributed by atoms with Crippen LogP contribution < -0.4 is 10.2 Å². The van der Waals surface area contributed by atoms with E-state index in [1.807, 2.05) is 0 Å². The minimum atomic E-state index is -1.07. The lowest BCUT2D eigenvalue weighted by Gasteiger charge is -2.27. The van der Waals surface area contributed by atoms with E-state index >= 15 is 0 Å². The highest BCUT2D eigenvalue weighted by molar-refractivity contribution is 6.03. The van der Waals surface area contributed by atoms with Crippen molar-refractivity contribution >= 4 is 17.5 Å². The van der Waals surface area contributed by atoms with Crippen molar-refractivity contribution in [2.45, 2.75) is 19.3 Å². The van der Waals surface area contributed by atoms with Crippen LogP contribution in [0.15, 0.2) is 30.3 Å². The number of carbonyl (C=O) groups is 1. The predicted molar refractivity (Wildman–Crippen MR) is 82.4 cm³/mol. The van der Waals surface area contributed by atoms with Gasteiger partial charge in [-0.05, 0) is 49.6 Å². The van der Waals surface area contributed by atoms with E-state index in [9.17, 15) is 13.6 Å². The second-order valence-electron chi connectivity index (χ2n) is 5.41. The number of nitrogens with zero attached hydrogens (tertiary/aromatic N) is 3. The molecule has 2 aromatic rings. The molecule has 1 saturated heterocycles. The Bertz CT molecular complexity index is 700. The first-order valence-corrected chi connectivity index (χ1v) is 7.48. The average molecular weight is 318 g/mol. The van der Waals surface area contributed by atoms with Crippen LogP contribution in [0.2, 0.25) is 0 Å². The standard InChI is InChI=1S/C16H16F2N4O/c17-12-5-4-11(10-13(12)18)16(23)19-14-6-7-15(21-20-14)22-8-2-1-3-9-22/h4-7,10H,1-3,8-9H2,(H,19,20,23). The number of rotatable bonds is 3. The van der Waals surface area contributed by atoms with Crippen molar-refractivity contribution < 1.29 is 13.6 Å². The molecule has 23 heavy (non-hydrogen) atoms. The Morgan fingerprint density at radius 2 is 1.78 bits per heavy atom. The fraction of sp³-hybridized carbons (Fsp3) is 0.312. The highest BCUT2D eigenvalue weighted by atomic mass is 19.2. The molecule has 0 aliphatic carbocycles. The van der Waals surface area contributed by atoms with E-state index in [4.69, 9.17) is 0 Å². The molecule has 3 rings (SSSR count). The Morgan fingerprint density at radius 1 is 1.00 bits per heavy atom. The topological polar surface area (TPSA) is 58.1 Å². The maximum atomic E-state index is 13.1. The molecule has 0 unspecified atom stereocenters. The van der Waals surface area contributed by atoms with Crippen molar-refractivity contribution in [3.05, 3.63) is 47.5 Å². The average Bonchev–Trinajstić information content (AvgIpc) is 2.59. The van der Waals surface area contributed by atoms with Crippen LogP contribution >= 0.6 is 0 Å². The number of hydrogen-bond donors (Lipinski definition) is 1. The van der Waals surface area contributed by atoms with E-state index in [0.717, 1.165) is 43.9 Å². The van der Waals surface area contributed by atoms with E-state index in [2.05, 4.69) is 20.4 Å². The molecule has 1 aliphatic heterocycles. The third-order valence-corrected chi connectivity index (χ3v) is 3.75. The van der Waals surface area contributed by atoms with Gasteiger partial charge in [-0.15, -0.1) is 10.2 Å². The number of halogens is 2. The zero-order valence-electron chi connectivity index (χ0n) is 12.4. The van der Waals surface area contributed by atoms with Gasteiger partial charge >= 0.3 is 0 Å². The lowest BCUT2D eigenvalue weighted by molar-refractivity contribution is 0.102. The molecule has 1 fully saturated rings. The van der Waals surface area contributed by atoms with E-state index < -0.39 is 17.5 Å². The predicted octanol–water partition coefficient (Wildman–Crippen LogP) is 3.00. The van der Waals surface area contributed by atoms with Crippen LogP contribution in [-0.4, -0.2) is 29.2 Å². The third kappa shape index (κ3) is 3.61. The second-order valence-corrected chi connectivity index (χ2v) is 5.41. The Kier molecular flexibility index (Phi) is 4.45. The molecule has 120 valence electrons. The molecule has 0 atom stereocenters. The number of carbonyl (C=O) groups excluding carboxylic acids is 1. The van der Waals surface area contributed by atoms with E-state index in [1.165, 1.54) is 12.5 Å². The Balaban J connectivity index is 1.67. The van der Waals surface area contributed by atoms with Crippen molar-refractivity contribution in [2.24, 2.45) is 0 Å². The smallest absolute Gasteiger partial charge is 0.256 e. The molecular weight excluding hydrogens is 302 g/mol. The van der Waals surface area contributed by atoms with E-state index in [0.29, 0.717) is 0 Å². The molecule has 0 radical (unpaired) electrons. The Morgan fingerprint density at radius 3 is 2.43 bits per heavy atom. The fourth-order valence-electron chi connectivity index (χ4n) is 2.51. The molecular formula is C16H16F2N4O. The van der Waals surface area contributed by atoms with Crippen LogP contribution in [0.1, 0.15) is 29.6 Å². The van der Waals surface area contributed by atoms with Gasteiger partial charge in [0.1, 0.15) is 0 Å². The van der Waals surface area contributed by atoms with E-state index in [-0.39, 0.29) is 11.4 Å². The molecule has 1 aromatic heterocycles. The first-order valence-electron chi connectivity index (χ1n) is 7.48. The summed E-state index contributed by atoms with van der Waals surface area (Å²) in [6.07, 6.45) is 3.50. The van der Waals surface area contributed by atoms with Crippen LogP contribution in [0.25, 0.3) is 0 Å². The van der Waals surface area contributed by atoms with Gasteiger partial charge in [-0.3, -0.25) is 4.79 Å². The highest BCUT2D eigenvalue weighted by Gasteiger charge is 2.14. The number of nitrogens with one attached hydrogen (secondary N) is 1. The summed E-state index contributed by atoms with van der Waals surface area (Å²) in [4.78, 5) is 14.1. The fourth-order valence-corrected chi connectivity index (χ4v) is 2.51. The molecule has 0 spiro atoms. The minimum Gasteiger partial charge on any atom is -0.355 e. The molecule has 0 bridgehead atoms. The van der Waals surface area contributed by atoms with E-state index in [1.54, 1.807) is 12.1 Å². The maximum absolute atomic E-state index is 13.1. The summed E-state index contributed by atoms with van der Waals surface area (Å²) in [5, 5.41) is 10.6. The van der Waals surface area contributed by atoms with Gasteiger partial charge in [0.05, 0.1) is 0 Å². The third-order valence-electron chi connectivity index (χ3n) is 3.75.